The summed E-state index contributed by atoms with van der Waals surface area (Å²) in [5, 5.41) is 11.2. The Labute approximate surface area is 160 Å². The molecule has 134 valence electrons. The Kier molecular flexibility index (Phi) is 4.42. The lowest BCUT2D eigenvalue weighted by Crippen LogP contribution is -2.30. The van der Waals surface area contributed by atoms with Crippen molar-refractivity contribution in [1.29, 1.82) is 0 Å². The predicted octanol–water partition coefficient (Wildman–Crippen LogP) is 5.54. The minimum absolute atomic E-state index is 0.309. The van der Waals surface area contributed by atoms with E-state index in [9.17, 15) is 14.3 Å². The first kappa shape index (κ1) is 17.3. The molecule has 1 amide bonds. The van der Waals surface area contributed by atoms with Gasteiger partial charge in [0.05, 0.1) is 6.04 Å². The Hall–Kier alpha value is -3.11. The number of amides is 1. The molecule has 0 unspecified atom stereocenters. The van der Waals surface area contributed by atoms with Gasteiger partial charge in [0.15, 0.2) is 5.76 Å². The van der Waals surface area contributed by atoms with Gasteiger partial charge in [-0.3, -0.25) is 9.69 Å². The minimum Gasteiger partial charge on any atom is -0.503 e. The number of anilines is 1. The first-order valence-electron chi connectivity index (χ1n) is 8.40. The summed E-state index contributed by atoms with van der Waals surface area (Å²) in [5.74, 6) is -1.41. The zero-order chi connectivity index (χ0) is 19.0. The standard InChI is InChI=1S/C22H15ClFNO2/c23-15-10-12-16(13-11-15)25-20(17-8-4-5-9-18(17)24)19(21(26)22(25)27)14-6-2-1-3-7-14/h1-13,20,26H/t20-/m0/s1. The summed E-state index contributed by atoms with van der Waals surface area (Å²) in [7, 11) is 0. The van der Waals surface area contributed by atoms with E-state index in [2.05, 4.69) is 0 Å². The lowest BCUT2D eigenvalue weighted by molar-refractivity contribution is -0.117. The second kappa shape index (κ2) is 6.89. The number of nitrogens with zero attached hydrogens (tertiary/aromatic N) is 1. The third kappa shape index (κ3) is 2.98. The lowest BCUT2D eigenvalue weighted by Gasteiger charge is -2.27. The highest BCUT2D eigenvalue weighted by Gasteiger charge is 2.42. The van der Waals surface area contributed by atoms with Crippen LogP contribution in [0.4, 0.5) is 10.1 Å². The van der Waals surface area contributed by atoms with E-state index < -0.39 is 17.8 Å². The number of carbonyl (C=O) groups excluding carboxylic acids is 1. The quantitative estimate of drug-likeness (QED) is 0.649. The van der Waals surface area contributed by atoms with Crippen LogP contribution in [-0.2, 0) is 4.79 Å². The minimum atomic E-state index is -0.790. The average Bonchev–Trinajstić information content (AvgIpc) is 2.95. The largest absolute Gasteiger partial charge is 0.503 e. The highest BCUT2D eigenvalue weighted by molar-refractivity contribution is 6.30. The molecule has 0 saturated heterocycles. The van der Waals surface area contributed by atoms with Gasteiger partial charge in [0.25, 0.3) is 5.91 Å². The van der Waals surface area contributed by atoms with Crippen LogP contribution in [0.2, 0.25) is 5.02 Å². The number of halogens is 2. The number of hydrogen-bond acceptors (Lipinski definition) is 2. The van der Waals surface area contributed by atoms with E-state index in [0.717, 1.165) is 0 Å². The molecule has 0 bridgehead atoms. The van der Waals surface area contributed by atoms with Gasteiger partial charge in [-0.2, -0.15) is 0 Å². The van der Waals surface area contributed by atoms with Crippen molar-refractivity contribution in [3.8, 4) is 0 Å². The van der Waals surface area contributed by atoms with Crippen molar-refractivity contribution in [3.63, 3.8) is 0 Å². The molecule has 3 aromatic rings. The van der Waals surface area contributed by atoms with Crippen LogP contribution in [0, 0.1) is 5.82 Å². The Morgan fingerprint density at radius 2 is 1.52 bits per heavy atom. The molecule has 0 fully saturated rings. The molecule has 5 heteroatoms. The topological polar surface area (TPSA) is 40.5 Å². The second-order valence-electron chi connectivity index (χ2n) is 6.20. The summed E-state index contributed by atoms with van der Waals surface area (Å²) in [6.07, 6.45) is 0. The number of rotatable bonds is 3. The van der Waals surface area contributed by atoms with Crippen molar-refractivity contribution >= 4 is 28.8 Å². The van der Waals surface area contributed by atoms with E-state index in [1.165, 1.54) is 11.0 Å². The second-order valence-corrected chi connectivity index (χ2v) is 6.64. The van der Waals surface area contributed by atoms with Gasteiger partial charge >= 0.3 is 0 Å². The zero-order valence-corrected chi connectivity index (χ0v) is 14.9. The molecular weight excluding hydrogens is 365 g/mol. The molecule has 0 spiro atoms. The van der Waals surface area contributed by atoms with Crippen LogP contribution in [0.25, 0.3) is 5.57 Å². The Morgan fingerprint density at radius 1 is 0.889 bits per heavy atom. The summed E-state index contributed by atoms with van der Waals surface area (Å²) >= 11 is 5.96. The van der Waals surface area contributed by atoms with E-state index in [1.807, 2.05) is 18.2 Å². The van der Waals surface area contributed by atoms with Gasteiger partial charge in [-0.05, 0) is 35.9 Å². The summed E-state index contributed by atoms with van der Waals surface area (Å²) < 4.78 is 14.7. The highest BCUT2D eigenvalue weighted by Crippen LogP contribution is 2.45. The maximum Gasteiger partial charge on any atom is 0.294 e. The van der Waals surface area contributed by atoms with Crippen molar-refractivity contribution in [3.05, 3.63) is 107 Å². The number of aliphatic hydroxyl groups is 1. The Bertz CT molecular complexity index is 1030. The molecule has 0 aliphatic carbocycles. The fourth-order valence-corrected chi connectivity index (χ4v) is 3.50. The van der Waals surface area contributed by atoms with Gasteiger partial charge in [-0.1, -0.05) is 60.1 Å². The van der Waals surface area contributed by atoms with Gasteiger partial charge in [-0.25, -0.2) is 4.39 Å². The van der Waals surface area contributed by atoms with Crippen LogP contribution in [0.15, 0.2) is 84.6 Å². The van der Waals surface area contributed by atoms with E-state index >= 15 is 0 Å². The van der Waals surface area contributed by atoms with Gasteiger partial charge in [0, 0.05) is 21.8 Å². The van der Waals surface area contributed by atoms with Crippen molar-refractivity contribution in [2.45, 2.75) is 6.04 Å². The summed E-state index contributed by atoms with van der Waals surface area (Å²) in [5.41, 5.74) is 1.87. The van der Waals surface area contributed by atoms with Gasteiger partial charge < -0.3 is 5.11 Å². The normalized spacial score (nSPS) is 16.9. The molecular formula is C22H15ClFNO2. The van der Waals surface area contributed by atoms with E-state index in [4.69, 9.17) is 11.6 Å². The van der Waals surface area contributed by atoms with E-state index in [-0.39, 0.29) is 5.76 Å². The van der Waals surface area contributed by atoms with E-state index in [0.29, 0.717) is 27.4 Å². The molecule has 1 aliphatic rings. The first-order valence-corrected chi connectivity index (χ1v) is 8.78. The maximum atomic E-state index is 14.7. The Morgan fingerprint density at radius 3 is 2.19 bits per heavy atom. The highest BCUT2D eigenvalue weighted by atomic mass is 35.5. The SMILES string of the molecule is O=C1C(O)=C(c2ccccc2)[C@H](c2ccccc2F)N1c1ccc(Cl)cc1. The number of aliphatic hydroxyl groups excluding tert-OH is 1. The van der Waals surface area contributed by atoms with Crippen molar-refractivity contribution in [1.82, 2.24) is 0 Å². The molecule has 0 saturated carbocycles. The summed E-state index contributed by atoms with van der Waals surface area (Å²) in [6, 6.07) is 21.2. The zero-order valence-electron chi connectivity index (χ0n) is 14.1. The van der Waals surface area contributed by atoms with Crippen LogP contribution in [-0.4, -0.2) is 11.0 Å². The van der Waals surface area contributed by atoms with Crippen LogP contribution in [0.3, 0.4) is 0 Å². The number of hydrogen-bond donors (Lipinski definition) is 1. The fourth-order valence-electron chi connectivity index (χ4n) is 3.38. The molecule has 1 N–H and O–H groups in total. The summed E-state index contributed by atoms with van der Waals surface area (Å²) in [6.45, 7) is 0. The molecule has 4 rings (SSSR count). The third-order valence-electron chi connectivity index (χ3n) is 4.60. The molecule has 1 aliphatic heterocycles. The first-order chi connectivity index (χ1) is 13.1. The van der Waals surface area contributed by atoms with Gasteiger partial charge in [0.1, 0.15) is 5.82 Å². The van der Waals surface area contributed by atoms with Crippen LogP contribution < -0.4 is 4.90 Å². The van der Waals surface area contributed by atoms with Crippen LogP contribution in [0.5, 0.6) is 0 Å². The Balaban J connectivity index is 1.94. The van der Waals surface area contributed by atoms with E-state index in [1.54, 1.807) is 54.6 Å². The van der Waals surface area contributed by atoms with Gasteiger partial charge in [0.2, 0.25) is 0 Å². The lowest BCUT2D eigenvalue weighted by atomic mass is 9.93. The smallest absolute Gasteiger partial charge is 0.294 e. The molecule has 1 atom stereocenters. The number of benzene rings is 3. The van der Waals surface area contributed by atoms with Crippen molar-refractivity contribution < 1.29 is 14.3 Å². The molecule has 0 radical (unpaired) electrons. The van der Waals surface area contributed by atoms with Crippen molar-refractivity contribution in [2.75, 3.05) is 4.90 Å². The molecule has 3 nitrogen and oxygen atoms in total. The molecule has 1 heterocycles. The van der Waals surface area contributed by atoms with Crippen molar-refractivity contribution in [2.24, 2.45) is 0 Å². The maximum absolute atomic E-state index is 14.7. The molecule has 27 heavy (non-hydrogen) atoms. The average molecular weight is 380 g/mol. The van der Waals surface area contributed by atoms with Crippen LogP contribution >= 0.6 is 11.6 Å². The summed E-state index contributed by atoms with van der Waals surface area (Å²) in [4.78, 5) is 14.3. The third-order valence-corrected chi connectivity index (χ3v) is 4.85. The monoisotopic (exact) mass is 379 g/mol. The molecule has 3 aromatic carbocycles. The van der Waals surface area contributed by atoms with Gasteiger partial charge in [-0.15, -0.1) is 0 Å². The predicted molar refractivity (Wildman–Crippen MR) is 104 cm³/mol. The fraction of sp³-hybridized carbons (Fsp3) is 0.0455. The number of carbonyl (C=O) groups is 1. The van der Waals surface area contributed by atoms with Crippen LogP contribution in [0.1, 0.15) is 17.2 Å². The molecule has 0 aromatic heterocycles.